The van der Waals surface area contributed by atoms with Crippen LogP contribution in [0.4, 0.5) is 26.3 Å². The molecule has 5 rings (SSSR count). The molecule has 2 aromatic carbocycles. The third kappa shape index (κ3) is 6.10. The Morgan fingerprint density at radius 2 is 1.63 bits per heavy atom. The van der Waals surface area contributed by atoms with Crippen molar-refractivity contribution in [3.8, 4) is 28.4 Å². The molecule has 1 aliphatic heterocycles. The summed E-state index contributed by atoms with van der Waals surface area (Å²) in [6.45, 7) is 1.92. The van der Waals surface area contributed by atoms with Crippen LogP contribution in [0.2, 0.25) is 0 Å². The van der Waals surface area contributed by atoms with Gasteiger partial charge in [0, 0.05) is 55.1 Å². The van der Waals surface area contributed by atoms with E-state index in [-0.39, 0.29) is 5.75 Å². The summed E-state index contributed by atoms with van der Waals surface area (Å²) in [6.07, 6.45) is -5.11. The lowest BCUT2D eigenvalue weighted by molar-refractivity contribution is -0.274. The van der Waals surface area contributed by atoms with E-state index in [0.717, 1.165) is 35.5 Å². The average Bonchev–Trinajstić information content (AvgIpc) is 2.87. The zero-order chi connectivity index (χ0) is 26.9. The molecule has 196 valence electrons. The van der Waals surface area contributed by atoms with Crippen LogP contribution in [0.5, 0.6) is 5.75 Å². The second-order valence-electron chi connectivity index (χ2n) is 8.83. The van der Waals surface area contributed by atoms with Gasteiger partial charge in [-0.25, -0.2) is 9.97 Å². The highest BCUT2D eigenvalue weighted by Gasteiger charge is 2.31. The first-order valence-corrected chi connectivity index (χ1v) is 11.6. The summed E-state index contributed by atoms with van der Waals surface area (Å²) in [5, 5.41) is 0. The number of rotatable bonds is 5. The molecule has 0 saturated carbocycles. The van der Waals surface area contributed by atoms with E-state index >= 15 is 0 Å². The highest BCUT2D eigenvalue weighted by molar-refractivity contribution is 5.61. The zero-order valence-electron chi connectivity index (χ0n) is 19.7. The van der Waals surface area contributed by atoms with Crippen molar-refractivity contribution in [1.82, 2.24) is 19.9 Å². The Labute approximate surface area is 213 Å². The van der Waals surface area contributed by atoms with Crippen molar-refractivity contribution in [2.75, 3.05) is 6.54 Å². The minimum atomic E-state index is -4.77. The second-order valence-corrected chi connectivity index (χ2v) is 8.83. The molecule has 0 spiro atoms. The van der Waals surface area contributed by atoms with Crippen LogP contribution >= 0.6 is 0 Å². The fourth-order valence-electron chi connectivity index (χ4n) is 4.26. The van der Waals surface area contributed by atoms with E-state index in [2.05, 4.69) is 24.6 Å². The Hall–Kier alpha value is -3.99. The molecule has 5 nitrogen and oxygen atoms in total. The second kappa shape index (κ2) is 10.1. The minimum Gasteiger partial charge on any atom is -0.406 e. The van der Waals surface area contributed by atoms with Crippen LogP contribution in [0.15, 0.2) is 73.1 Å². The fourth-order valence-corrected chi connectivity index (χ4v) is 4.26. The van der Waals surface area contributed by atoms with Crippen molar-refractivity contribution in [3.05, 3.63) is 95.4 Å². The first kappa shape index (κ1) is 25.7. The monoisotopic (exact) mass is 530 g/mol. The Balaban J connectivity index is 1.23. The van der Waals surface area contributed by atoms with Gasteiger partial charge >= 0.3 is 12.5 Å². The van der Waals surface area contributed by atoms with Crippen LogP contribution in [-0.4, -0.2) is 32.8 Å². The number of hydrogen-bond acceptors (Lipinski definition) is 5. The number of aromatic nitrogens is 3. The van der Waals surface area contributed by atoms with Gasteiger partial charge in [-0.05, 0) is 35.9 Å². The number of pyridine rings is 1. The largest absolute Gasteiger partial charge is 0.573 e. The quantitative estimate of drug-likeness (QED) is 0.270. The zero-order valence-corrected chi connectivity index (χ0v) is 19.7. The standard InChI is InChI=1S/C27H20F6N4O/c28-26(29,30)21-7-5-18(6-8-21)25-35-14-20-16-37(11-10-24(20)36-25)15-17-4-9-23(34-13-17)19-2-1-3-22(12-19)38-27(31,32)33/h1-9,12-14H,10-11,15-16H2. The molecule has 4 aromatic rings. The maximum Gasteiger partial charge on any atom is 0.573 e. The van der Waals surface area contributed by atoms with E-state index in [1.165, 1.54) is 30.3 Å². The topological polar surface area (TPSA) is 51.1 Å². The smallest absolute Gasteiger partial charge is 0.406 e. The Morgan fingerprint density at radius 3 is 2.32 bits per heavy atom. The van der Waals surface area contributed by atoms with Gasteiger partial charge in [0.15, 0.2) is 5.82 Å². The number of hydrogen-bond donors (Lipinski definition) is 0. The highest BCUT2D eigenvalue weighted by atomic mass is 19.4. The summed E-state index contributed by atoms with van der Waals surface area (Å²) in [5.41, 5.74) is 3.56. The van der Waals surface area contributed by atoms with Crippen LogP contribution in [-0.2, 0) is 25.7 Å². The number of benzene rings is 2. The van der Waals surface area contributed by atoms with Gasteiger partial charge in [0.25, 0.3) is 0 Å². The van der Waals surface area contributed by atoms with Crippen molar-refractivity contribution in [3.63, 3.8) is 0 Å². The lowest BCUT2D eigenvalue weighted by Crippen LogP contribution is -2.31. The van der Waals surface area contributed by atoms with Crippen molar-refractivity contribution >= 4 is 0 Å². The van der Waals surface area contributed by atoms with Crippen LogP contribution in [0.3, 0.4) is 0 Å². The normalized spacial score (nSPS) is 14.3. The lowest BCUT2D eigenvalue weighted by Gasteiger charge is -2.28. The average molecular weight is 530 g/mol. The molecule has 0 radical (unpaired) electrons. The molecule has 38 heavy (non-hydrogen) atoms. The molecule has 11 heteroatoms. The molecule has 0 saturated heterocycles. The molecule has 2 aromatic heterocycles. The molecule has 3 heterocycles. The van der Waals surface area contributed by atoms with Gasteiger partial charge in [-0.2, -0.15) is 13.2 Å². The Kier molecular flexibility index (Phi) is 6.78. The first-order valence-electron chi connectivity index (χ1n) is 11.6. The van der Waals surface area contributed by atoms with E-state index in [4.69, 9.17) is 0 Å². The van der Waals surface area contributed by atoms with Crippen LogP contribution in [0.1, 0.15) is 22.4 Å². The van der Waals surface area contributed by atoms with Gasteiger partial charge in [-0.3, -0.25) is 9.88 Å². The number of fused-ring (bicyclic) bond motifs is 1. The number of ether oxygens (including phenoxy) is 1. The van der Waals surface area contributed by atoms with Gasteiger partial charge in [-0.15, -0.1) is 13.2 Å². The highest BCUT2D eigenvalue weighted by Crippen LogP contribution is 2.31. The van der Waals surface area contributed by atoms with Crippen molar-refractivity contribution in [1.29, 1.82) is 0 Å². The molecule has 0 amide bonds. The molecular formula is C27H20F6N4O. The number of halogens is 6. The summed E-state index contributed by atoms with van der Waals surface area (Å²) in [5.74, 6) is 0.0759. The van der Waals surface area contributed by atoms with Gasteiger partial charge in [0.2, 0.25) is 0 Å². The van der Waals surface area contributed by atoms with Gasteiger partial charge < -0.3 is 4.74 Å². The predicted molar refractivity (Wildman–Crippen MR) is 127 cm³/mol. The molecular weight excluding hydrogens is 510 g/mol. The van der Waals surface area contributed by atoms with Crippen molar-refractivity contribution in [2.45, 2.75) is 32.0 Å². The molecule has 0 atom stereocenters. The Bertz CT molecular complexity index is 1420. The maximum absolute atomic E-state index is 12.8. The fraction of sp³-hybridized carbons (Fsp3) is 0.222. The molecule has 0 aliphatic carbocycles. The predicted octanol–water partition coefficient (Wildman–Crippen LogP) is 6.68. The molecule has 0 bridgehead atoms. The van der Waals surface area contributed by atoms with Gasteiger partial charge in [-0.1, -0.05) is 30.3 Å². The third-order valence-corrected chi connectivity index (χ3v) is 6.08. The van der Waals surface area contributed by atoms with Crippen LogP contribution < -0.4 is 4.74 Å². The minimum absolute atomic E-state index is 0.309. The van der Waals surface area contributed by atoms with Gasteiger partial charge in [0.1, 0.15) is 5.75 Å². The number of nitrogens with zero attached hydrogens (tertiary/aromatic N) is 4. The first-order chi connectivity index (χ1) is 18.0. The lowest BCUT2D eigenvalue weighted by atomic mass is 10.1. The van der Waals surface area contributed by atoms with E-state index < -0.39 is 18.1 Å². The summed E-state index contributed by atoms with van der Waals surface area (Å²) >= 11 is 0. The van der Waals surface area contributed by atoms with Gasteiger partial charge in [0.05, 0.1) is 17.0 Å². The van der Waals surface area contributed by atoms with Crippen molar-refractivity contribution < 1.29 is 31.1 Å². The van der Waals surface area contributed by atoms with E-state index in [1.807, 2.05) is 6.07 Å². The third-order valence-electron chi connectivity index (χ3n) is 6.08. The molecule has 0 fully saturated rings. The van der Waals surface area contributed by atoms with Crippen LogP contribution in [0, 0.1) is 0 Å². The summed E-state index contributed by atoms with van der Waals surface area (Å²) < 4.78 is 80.0. The van der Waals surface area contributed by atoms with E-state index in [9.17, 15) is 26.3 Å². The Morgan fingerprint density at radius 1 is 0.842 bits per heavy atom. The van der Waals surface area contributed by atoms with E-state index in [0.29, 0.717) is 42.2 Å². The van der Waals surface area contributed by atoms with Crippen LogP contribution in [0.25, 0.3) is 22.6 Å². The maximum atomic E-state index is 12.8. The summed E-state index contributed by atoms with van der Waals surface area (Å²) in [4.78, 5) is 15.5. The molecule has 0 N–H and O–H groups in total. The van der Waals surface area contributed by atoms with Crippen molar-refractivity contribution in [2.24, 2.45) is 0 Å². The summed E-state index contributed by atoms with van der Waals surface area (Å²) in [6, 6.07) is 14.1. The van der Waals surface area contributed by atoms with E-state index in [1.54, 1.807) is 24.5 Å². The summed E-state index contributed by atoms with van der Waals surface area (Å²) in [7, 11) is 0. The SMILES string of the molecule is FC(F)(F)Oc1cccc(-c2ccc(CN3CCc4nc(-c5ccc(C(F)(F)F)cc5)ncc4C3)cn2)c1. The molecule has 1 aliphatic rings. The molecule has 0 unspecified atom stereocenters. The number of alkyl halides is 6.